The molecule has 1 fully saturated rings. The number of ether oxygens (including phenoxy) is 1. The Balaban J connectivity index is 1.62. The summed E-state index contributed by atoms with van der Waals surface area (Å²) in [5.41, 5.74) is 6.40. The number of primary amides is 1. The van der Waals surface area contributed by atoms with E-state index in [0.29, 0.717) is 19.5 Å². The molecule has 1 saturated heterocycles. The topological polar surface area (TPSA) is 75.9 Å². The minimum atomic E-state index is -0.305. The van der Waals surface area contributed by atoms with Crippen LogP contribution in [0.25, 0.3) is 10.8 Å². The number of nitrogens with zero attached hydrogens (tertiary/aromatic N) is 2. The molecule has 0 bridgehead atoms. The standard InChI is InChI=1S/C21H27N3O3/c1-23(21(26)14-24-9-3-4-18(24)12-20(22)25)13-15-5-6-17-11-19(27-2)8-7-16(17)10-15/h5-8,10-11,18H,3-4,9,12-14H2,1-2H3,(H2,22,25)/t18-/m0/s1. The molecule has 0 aromatic heterocycles. The number of nitrogens with two attached hydrogens (primary N) is 1. The minimum Gasteiger partial charge on any atom is -0.497 e. The zero-order valence-corrected chi connectivity index (χ0v) is 16.0. The fraction of sp³-hybridized carbons (Fsp3) is 0.429. The van der Waals surface area contributed by atoms with Crippen LogP contribution < -0.4 is 10.5 Å². The average molecular weight is 369 g/mol. The van der Waals surface area contributed by atoms with Crippen LogP contribution in [0.1, 0.15) is 24.8 Å². The molecule has 6 heteroatoms. The second-order valence-corrected chi connectivity index (χ2v) is 7.23. The van der Waals surface area contributed by atoms with Gasteiger partial charge >= 0.3 is 0 Å². The van der Waals surface area contributed by atoms with Gasteiger partial charge in [0.25, 0.3) is 0 Å². The number of carbonyl (C=O) groups is 2. The van der Waals surface area contributed by atoms with Crippen LogP contribution in [0.15, 0.2) is 36.4 Å². The van der Waals surface area contributed by atoms with Crippen molar-refractivity contribution < 1.29 is 14.3 Å². The lowest BCUT2D eigenvalue weighted by Crippen LogP contribution is -2.41. The molecule has 0 saturated carbocycles. The van der Waals surface area contributed by atoms with Gasteiger partial charge < -0.3 is 15.4 Å². The van der Waals surface area contributed by atoms with Crippen LogP contribution in [0.2, 0.25) is 0 Å². The minimum absolute atomic E-state index is 0.0567. The van der Waals surface area contributed by atoms with E-state index < -0.39 is 0 Å². The number of likely N-dealkylation sites (tertiary alicyclic amines) is 1. The van der Waals surface area contributed by atoms with Crippen LogP contribution in [0.5, 0.6) is 5.75 Å². The zero-order chi connectivity index (χ0) is 19.4. The maximum atomic E-state index is 12.6. The highest BCUT2D eigenvalue weighted by molar-refractivity contribution is 5.85. The average Bonchev–Trinajstić information content (AvgIpc) is 3.07. The van der Waals surface area contributed by atoms with E-state index in [1.54, 1.807) is 12.0 Å². The molecule has 2 aromatic carbocycles. The summed E-state index contributed by atoms with van der Waals surface area (Å²) >= 11 is 0. The molecule has 0 aliphatic carbocycles. The zero-order valence-electron chi connectivity index (χ0n) is 16.0. The van der Waals surface area contributed by atoms with Gasteiger partial charge in [-0.3, -0.25) is 14.5 Å². The highest BCUT2D eigenvalue weighted by atomic mass is 16.5. The van der Waals surface area contributed by atoms with E-state index in [0.717, 1.165) is 41.5 Å². The predicted molar refractivity (Wildman–Crippen MR) is 105 cm³/mol. The fourth-order valence-electron chi connectivity index (χ4n) is 3.72. The Hall–Kier alpha value is -2.60. The molecule has 0 radical (unpaired) electrons. The molecular formula is C21H27N3O3. The molecule has 0 spiro atoms. The Morgan fingerprint density at radius 3 is 2.70 bits per heavy atom. The SMILES string of the molecule is COc1ccc2cc(CN(C)C(=O)CN3CCC[C@H]3CC(N)=O)ccc2c1. The van der Waals surface area contributed by atoms with Gasteiger partial charge in [-0.15, -0.1) is 0 Å². The summed E-state index contributed by atoms with van der Waals surface area (Å²) in [5, 5.41) is 2.23. The summed E-state index contributed by atoms with van der Waals surface area (Å²) in [5.74, 6) is 0.584. The van der Waals surface area contributed by atoms with Crippen molar-refractivity contribution in [3.63, 3.8) is 0 Å². The van der Waals surface area contributed by atoms with E-state index >= 15 is 0 Å². The van der Waals surface area contributed by atoms with Crippen LogP contribution in [0.4, 0.5) is 0 Å². The molecule has 1 atom stereocenters. The van der Waals surface area contributed by atoms with E-state index in [1.165, 1.54) is 0 Å². The quantitative estimate of drug-likeness (QED) is 0.811. The van der Waals surface area contributed by atoms with Crippen molar-refractivity contribution in [1.82, 2.24) is 9.80 Å². The molecule has 2 aromatic rings. The van der Waals surface area contributed by atoms with E-state index in [9.17, 15) is 9.59 Å². The van der Waals surface area contributed by atoms with Gasteiger partial charge in [-0.1, -0.05) is 18.2 Å². The molecule has 0 unspecified atom stereocenters. The first-order valence-corrected chi connectivity index (χ1v) is 9.29. The molecule has 6 nitrogen and oxygen atoms in total. The molecule has 1 heterocycles. The van der Waals surface area contributed by atoms with Gasteiger partial charge in [0.15, 0.2) is 0 Å². The summed E-state index contributed by atoms with van der Waals surface area (Å²) < 4.78 is 5.26. The van der Waals surface area contributed by atoms with Crippen molar-refractivity contribution in [2.75, 3.05) is 27.2 Å². The Bertz CT molecular complexity index is 837. The molecule has 2 N–H and O–H groups in total. The Kier molecular flexibility index (Phi) is 5.96. The lowest BCUT2D eigenvalue weighted by molar-refractivity contribution is -0.132. The number of benzene rings is 2. The molecule has 144 valence electrons. The van der Waals surface area contributed by atoms with Gasteiger partial charge in [0.2, 0.25) is 11.8 Å². The van der Waals surface area contributed by atoms with Crippen molar-refractivity contribution in [2.24, 2.45) is 5.73 Å². The van der Waals surface area contributed by atoms with E-state index in [1.807, 2.05) is 31.3 Å². The third-order valence-corrected chi connectivity index (χ3v) is 5.23. The van der Waals surface area contributed by atoms with Gasteiger partial charge in [-0.25, -0.2) is 0 Å². The second kappa shape index (κ2) is 8.39. The van der Waals surface area contributed by atoms with Gasteiger partial charge in [-0.2, -0.15) is 0 Å². The largest absolute Gasteiger partial charge is 0.497 e. The number of hydrogen-bond donors (Lipinski definition) is 1. The van der Waals surface area contributed by atoms with Crippen LogP contribution in [0, 0.1) is 0 Å². The van der Waals surface area contributed by atoms with Crippen molar-refractivity contribution in [3.05, 3.63) is 42.0 Å². The number of hydrogen-bond acceptors (Lipinski definition) is 4. The summed E-state index contributed by atoms with van der Waals surface area (Å²) in [6.45, 7) is 1.73. The molecule has 1 aliphatic rings. The number of methoxy groups -OCH3 is 1. The van der Waals surface area contributed by atoms with Gasteiger partial charge in [0.05, 0.1) is 13.7 Å². The van der Waals surface area contributed by atoms with E-state index in [-0.39, 0.29) is 17.9 Å². The van der Waals surface area contributed by atoms with Crippen LogP contribution >= 0.6 is 0 Å². The molecule has 2 amide bonds. The highest BCUT2D eigenvalue weighted by Crippen LogP contribution is 2.23. The number of rotatable bonds is 7. The molecule has 1 aliphatic heterocycles. The first-order chi connectivity index (χ1) is 13.0. The monoisotopic (exact) mass is 369 g/mol. The van der Waals surface area contributed by atoms with Crippen molar-refractivity contribution in [1.29, 1.82) is 0 Å². The maximum absolute atomic E-state index is 12.6. The predicted octanol–water partition coefficient (Wildman–Crippen LogP) is 2.15. The van der Waals surface area contributed by atoms with Crippen molar-refractivity contribution in [2.45, 2.75) is 31.8 Å². The normalized spacial score (nSPS) is 17.2. The third kappa shape index (κ3) is 4.77. The molecule has 27 heavy (non-hydrogen) atoms. The van der Waals surface area contributed by atoms with E-state index in [4.69, 9.17) is 10.5 Å². The van der Waals surface area contributed by atoms with Gasteiger partial charge in [-0.05, 0) is 53.9 Å². The summed E-state index contributed by atoms with van der Waals surface area (Å²) in [6, 6.07) is 12.2. The van der Waals surface area contributed by atoms with Crippen LogP contribution in [0.3, 0.4) is 0 Å². The van der Waals surface area contributed by atoms with E-state index in [2.05, 4.69) is 17.0 Å². The van der Waals surface area contributed by atoms with Crippen LogP contribution in [-0.4, -0.2) is 54.9 Å². The van der Waals surface area contributed by atoms with Crippen LogP contribution in [-0.2, 0) is 16.1 Å². The smallest absolute Gasteiger partial charge is 0.236 e. The summed E-state index contributed by atoms with van der Waals surface area (Å²) in [4.78, 5) is 27.7. The second-order valence-electron chi connectivity index (χ2n) is 7.23. The molecule has 3 rings (SSSR count). The third-order valence-electron chi connectivity index (χ3n) is 5.23. The maximum Gasteiger partial charge on any atom is 0.236 e. The summed E-state index contributed by atoms with van der Waals surface area (Å²) in [6.07, 6.45) is 2.25. The fourth-order valence-corrected chi connectivity index (χ4v) is 3.72. The van der Waals surface area contributed by atoms with Crippen molar-refractivity contribution in [3.8, 4) is 5.75 Å². The lowest BCUT2D eigenvalue weighted by atomic mass is 10.1. The number of fused-ring (bicyclic) bond motifs is 1. The number of carbonyl (C=O) groups excluding carboxylic acids is 2. The van der Waals surface area contributed by atoms with Crippen molar-refractivity contribution >= 4 is 22.6 Å². The molecular weight excluding hydrogens is 342 g/mol. The van der Waals surface area contributed by atoms with Gasteiger partial charge in [0, 0.05) is 26.1 Å². The number of likely N-dealkylation sites (N-methyl/N-ethyl adjacent to an activating group) is 1. The number of amides is 2. The Labute approximate surface area is 159 Å². The first kappa shape index (κ1) is 19.2. The highest BCUT2D eigenvalue weighted by Gasteiger charge is 2.28. The lowest BCUT2D eigenvalue weighted by Gasteiger charge is -2.26. The van der Waals surface area contributed by atoms with Gasteiger partial charge in [0.1, 0.15) is 5.75 Å². The Morgan fingerprint density at radius 2 is 1.96 bits per heavy atom. The first-order valence-electron chi connectivity index (χ1n) is 9.29. The summed E-state index contributed by atoms with van der Waals surface area (Å²) in [7, 11) is 3.48. The Morgan fingerprint density at radius 1 is 1.22 bits per heavy atom.